The van der Waals surface area contributed by atoms with Crippen molar-refractivity contribution in [2.24, 2.45) is 11.8 Å². The molecule has 0 bridgehead atoms. The van der Waals surface area contributed by atoms with E-state index in [1.54, 1.807) is 0 Å². The molecule has 0 amide bonds. The van der Waals surface area contributed by atoms with Gasteiger partial charge in [0.25, 0.3) is 0 Å². The molecule has 3 unspecified atom stereocenters. The highest BCUT2D eigenvalue weighted by molar-refractivity contribution is 5.35. The molecule has 1 fully saturated rings. The van der Waals surface area contributed by atoms with Crippen molar-refractivity contribution in [2.45, 2.75) is 38.7 Å². The largest absolute Gasteiger partial charge is 0.392 e. The summed E-state index contributed by atoms with van der Waals surface area (Å²) in [5.41, 5.74) is 2.88. The highest BCUT2D eigenvalue weighted by atomic mass is 16.3. The summed E-state index contributed by atoms with van der Waals surface area (Å²) in [4.78, 5) is 0. The minimum atomic E-state index is -0.131. The fraction of sp³-hybridized carbons (Fsp3) is 0.571. The first-order valence-corrected chi connectivity index (χ1v) is 5.93. The third-order valence-corrected chi connectivity index (χ3v) is 3.71. The SMILES string of the molecule is C=CCC1=C2CCCC(O)C2C(C)C=C1. The summed E-state index contributed by atoms with van der Waals surface area (Å²) >= 11 is 0. The predicted molar refractivity (Wildman–Crippen MR) is 63.5 cm³/mol. The van der Waals surface area contributed by atoms with Crippen LogP contribution in [0.5, 0.6) is 0 Å². The second kappa shape index (κ2) is 4.36. The molecule has 0 radical (unpaired) electrons. The maximum Gasteiger partial charge on any atom is 0.0611 e. The van der Waals surface area contributed by atoms with Crippen molar-refractivity contribution in [1.82, 2.24) is 0 Å². The Labute approximate surface area is 92.2 Å². The van der Waals surface area contributed by atoms with Gasteiger partial charge in [0, 0.05) is 5.92 Å². The molecule has 0 heterocycles. The highest BCUT2D eigenvalue weighted by Crippen LogP contribution is 2.41. The van der Waals surface area contributed by atoms with E-state index in [2.05, 4.69) is 25.7 Å². The first-order valence-electron chi connectivity index (χ1n) is 5.93. The smallest absolute Gasteiger partial charge is 0.0611 e. The van der Waals surface area contributed by atoms with Crippen molar-refractivity contribution in [3.63, 3.8) is 0 Å². The molecule has 0 aromatic rings. The summed E-state index contributed by atoms with van der Waals surface area (Å²) in [7, 11) is 0. The Bertz CT molecular complexity index is 311. The van der Waals surface area contributed by atoms with Crippen molar-refractivity contribution in [1.29, 1.82) is 0 Å². The van der Waals surface area contributed by atoms with Crippen LogP contribution < -0.4 is 0 Å². The number of hydrogen-bond donors (Lipinski definition) is 1. The van der Waals surface area contributed by atoms with E-state index in [0.717, 1.165) is 19.3 Å². The standard InChI is InChI=1S/C14H20O/c1-3-5-11-9-8-10(2)14-12(11)6-4-7-13(14)15/h3,8-10,13-15H,1,4-7H2,2H3. The van der Waals surface area contributed by atoms with Gasteiger partial charge in [0.1, 0.15) is 0 Å². The minimum absolute atomic E-state index is 0.131. The van der Waals surface area contributed by atoms with Crippen LogP contribution in [0.2, 0.25) is 0 Å². The van der Waals surface area contributed by atoms with Crippen LogP contribution in [0, 0.1) is 11.8 Å². The Balaban J connectivity index is 2.32. The van der Waals surface area contributed by atoms with Crippen molar-refractivity contribution >= 4 is 0 Å². The molecule has 1 saturated carbocycles. The second-order valence-electron chi connectivity index (χ2n) is 4.75. The third kappa shape index (κ3) is 1.93. The van der Waals surface area contributed by atoms with Gasteiger partial charge in [0.05, 0.1) is 6.10 Å². The Morgan fingerprint density at radius 3 is 3.13 bits per heavy atom. The van der Waals surface area contributed by atoms with Gasteiger partial charge in [-0.1, -0.05) is 30.7 Å². The summed E-state index contributed by atoms with van der Waals surface area (Å²) in [6.45, 7) is 6.01. The summed E-state index contributed by atoms with van der Waals surface area (Å²) in [5, 5.41) is 10.1. The van der Waals surface area contributed by atoms with Gasteiger partial charge in [-0.25, -0.2) is 0 Å². The Morgan fingerprint density at radius 2 is 2.40 bits per heavy atom. The zero-order chi connectivity index (χ0) is 10.8. The zero-order valence-electron chi connectivity index (χ0n) is 9.45. The number of allylic oxidation sites excluding steroid dienone is 4. The molecule has 82 valence electrons. The maximum absolute atomic E-state index is 10.1. The van der Waals surface area contributed by atoms with E-state index in [-0.39, 0.29) is 6.10 Å². The molecular formula is C14H20O. The summed E-state index contributed by atoms with van der Waals surface area (Å²) < 4.78 is 0. The van der Waals surface area contributed by atoms with E-state index in [1.165, 1.54) is 17.6 Å². The Hall–Kier alpha value is -0.820. The monoisotopic (exact) mass is 204 g/mol. The zero-order valence-corrected chi connectivity index (χ0v) is 9.45. The number of hydrogen-bond acceptors (Lipinski definition) is 1. The van der Waals surface area contributed by atoms with E-state index in [9.17, 15) is 5.11 Å². The van der Waals surface area contributed by atoms with E-state index in [1.807, 2.05) is 6.08 Å². The summed E-state index contributed by atoms with van der Waals surface area (Å²) in [5.74, 6) is 0.863. The Morgan fingerprint density at radius 1 is 1.60 bits per heavy atom. The lowest BCUT2D eigenvalue weighted by Gasteiger charge is -2.37. The summed E-state index contributed by atoms with van der Waals surface area (Å²) in [6, 6.07) is 0. The fourth-order valence-electron chi connectivity index (χ4n) is 2.97. The molecule has 0 aliphatic heterocycles. The van der Waals surface area contributed by atoms with Crippen LogP contribution in [-0.4, -0.2) is 11.2 Å². The average Bonchev–Trinajstić information content (AvgIpc) is 2.22. The van der Waals surface area contributed by atoms with Gasteiger partial charge in [0.15, 0.2) is 0 Å². The van der Waals surface area contributed by atoms with Crippen LogP contribution in [0.15, 0.2) is 36.0 Å². The van der Waals surface area contributed by atoms with Gasteiger partial charge in [-0.3, -0.25) is 0 Å². The molecule has 2 rings (SSSR count). The molecule has 1 N–H and O–H groups in total. The molecule has 0 spiro atoms. The average molecular weight is 204 g/mol. The molecule has 0 saturated heterocycles. The van der Waals surface area contributed by atoms with Gasteiger partial charge in [0.2, 0.25) is 0 Å². The summed E-state index contributed by atoms with van der Waals surface area (Å²) in [6.07, 6.45) is 10.5. The van der Waals surface area contributed by atoms with Gasteiger partial charge in [-0.2, -0.15) is 0 Å². The van der Waals surface area contributed by atoms with Crippen LogP contribution in [0.4, 0.5) is 0 Å². The van der Waals surface area contributed by atoms with Crippen LogP contribution in [0.3, 0.4) is 0 Å². The number of aliphatic hydroxyl groups is 1. The first-order chi connectivity index (χ1) is 7.24. The lowest BCUT2D eigenvalue weighted by Crippen LogP contribution is -2.33. The Kier molecular flexibility index (Phi) is 3.11. The molecule has 0 aromatic heterocycles. The third-order valence-electron chi connectivity index (χ3n) is 3.71. The van der Waals surface area contributed by atoms with Gasteiger partial charge in [-0.05, 0) is 37.2 Å². The van der Waals surface area contributed by atoms with Crippen LogP contribution in [0.1, 0.15) is 32.6 Å². The van der Waals surface area contributed by atoms with E-state index in [4.69, 9.17) is 0 Å². The molecule has 1 heteroatoms. The lowest BCUT2D eigenvalue weighted by molar-refractivity contribution is 0.0793. The number of rotatable bonds is 2. The van der Waals surface area contributed by atoms with E-state index in [0.29, 0.717) is 11.8 Å². The van der Waals surface area contributed by atoms with E-state index >= 15 is 0 Å². The molecule has 15 heavy (non-hydrogen) atoms. The first kappa shape index (κ1) is 10.7. The van der Waals surface area contributed by atoms with Crippen LogP contribution in [-0.2, 0) is 0 Å². The van der Waals surface area contributed by atoms with Gasteiger partial charge < -0.3 is 5.11 Å². The van der Waals surface area contributed by atoms with Crippen molar-refractivity contribution in [2.75, 3.05) is 0 Å². The molecule has 2 aliphatic rings. The van der Waals surface area contributed by atoms with Crippen LogP contribution >= 0.6 is 0 Å². The normalized spacial score (nSPS) is 35.2. The molecule has 1 nitrogen and oxygen atoms in total. The fourth-order valence-corrected chi connectivity index (χ4v) is 2.97. The lowest BCUT2D eigenvalue weighted by atomic mass is 9.70. The quantitative estimate of drug-likeness (QED) is 0.685. The molecule has 0 aromatic carbocycles. The van der Waals surface area contributed by atoms with E-state index < -0.39 is 0 Å². The topological polar surface area (TPSA) is 20.2 Å². The minimum Gasteiger partial charge on any atom is -0.392 e. The van der Waals surface area contributed by atoms with Gasteiger partial charge >= 0.3 is 0 Å². The molecule has 2 aliphatic carbocycles. The van der Waals surface area contributed by atoms with Crippen molar-refractivity contribution in [3.8, 4) is 0 Å². The number of aliphatic hydroxyl groups excluding tert-OH is 1. The predicted octanol–water partition coefficient (Wildman–Crippen LogP) is 3.23. The molecular weight excluding hydrogens is 184 g/mol. The van der Waals surface area contributed by atoms with Crippen molar-refractivity contribution < 1.29 is 5.11 Å². The van der Waals surface area contributed by atoms with Gasteiger partial charge in [-0.15, -0.1) is 6.58 Å². The van der Waals surface area contributed by atoms with Crippen molar-refractivity contribution in [3.05, 3.63) is 36.0 Å². The van der Waals surface area contributed by atoms with Crippen LogP contribution in [0.25, 0.3) is 0 Å². The maximum atomic E-state index is 10.1. The molecule has 3 atom stereocenters. The second-order valence-corrected chi connectivity index (χ2v) is 4.75. The number of fused-ring (bicyclic) bond motifs is 1. The highest BCUT2D eigenvalue weighted by Gasteiger charge is 2.33.